The van der Waals surface area contributed by atoms with Crippen LogP contribution in [0.15, 0.2) is 36.4 Å². The van der Waals surface area contributed by atoms with Gasteiger partial charge in [0, 0.05) is 11.8 Å². The van der Waals surface area contributed by atoms with Crippen LogP contribution < -0.4 is 15.8 Å². The molecule has 2 aromatic rings. The number of aryl methyl sites for hydroxylation is 1. The van der Waals surface area contributed by atoms with Gasteiger partial charge in [-0.3, -0.25) is 0 Å². The summed E-state index contributed by atoms with van der Waals surface area (Å²) in [5.41, 5.74) is 7.07. The van der Waals surface area contributed by atoms with Crippen molar-refractivity contribution in [2.45, 2.75) is 13.1 Å². The Morgan fingerprint density at radius 3 is 2.38 bits per heavy atom. The number of ether oxygens (including phenoxy) is 1. The minimum absolute atomic E-state index is 0.352. The number of nitrogens with two attached hydrogens (primary N) is 1. The zero-order valence-electron chi connectivity index (χ0n) is 11.6. The number of benzene rings is 2. The van der Waals surface area contributed by atoms with Crippen molar-refractivity contribution in [3.63, 3.8) is 0 Å². The number of nitrogen functional groups attached to an aromatic ring is 1. The molecular weight excluding hydrogens is 281 g/mol. The second-order valence-electron chi connectivity index (χ2n) is 4.61. The lowest BCUT2D eigenvalue weighted by molar-refractivity contribution is -0.137. The Labute approximate surface area is 120 Å². The van der Waals surface area contributed by atoms with E-state index in [0.29, 0.717) is 28.4 Å². The SMILES string of the molecule is COc1ccc(N)c(Nc2cc(C(F)(F)F)ccc2C)c1. The maximum atomic E-state index is 12.8. The van der Waals surface area contributed by atoms with Gasteiger partial charge >= 0.3 is 6.18 Å². The molecule has 3 N–H and O–H groups in total. The molecule has 0 aromatic heterocycles. The van der Waals surface area contributed by atoms with Gasteiger partial charge in [0.25, 0.3) is 0 Å². The Hall–Kier alpha value is -2.37. The second kappa shape index (κ2) is 5.55. The van der Waals surface area contributed by atoms with Crippen LogP contribution in [0.1, 0.15) is 11.1 Å². The Morgan fingerprint density at radius 2 is 1.76 bits per heavy atom. The van der Waals surface area contributed by atoms with Gasteiger partial charge in [-0.15, -0.1) is 0 Å². The van der Waals surface area contributed by atoms with Crippen molar-refractivity contribution in [1.29, 1.82) is 0 Å². The topological polar surface area (TPSA) is 47.3 Å². The quantitative estimate of drug-likeness (QED) is 0.828. The molecule has 0 heterocycles. The van der Waals surface area contributed by atoms with E-state index in [9.17, 15) is 13.2 Å². The molecule has 2 aromatic carbocycles. The first-order chi connectivity index (χ1) is 9.81. The Bertz CT molecular complexity index is 654. The highest BCUT2D eigenvalue weighted by molar-refractivity contribution is 5.75. The van der Waals surface area contributed by atoms with Gasteiger partial charge in [0.1, 0.15) is 5.75 Å². The van der Waals surface area contributed by atoms with Crippen LogP contribution in [0, 0.1) is 6.92 Å². The van der Waals surface area contributed by atoms with E-state index in [1.807, 2.05) is 0 Å². The highest BCUT2D eigenvalue weighted by atomic mass is 19.4. The molecule has 0 atom stereocenters. The molecule has 0 fully saturated rings. The van der Waals surface area contributed by atoms with Crippen molar-refractivity contribution in [2.24, 2.45) is 0 Å². The number of nitrogens with one attached hydrogen (secondary N) is 1. The lowest BCUT2D eigenvalue weighted by Gasteiger charge is -2.15. The van der Waals surface area contributed by atoms with Crippen molar-refractivity contribution in [2.75, 3.05) is 18.2 Å². The van der Waals surface area contributed by atoms with Crippen molar-refractivity contribution >= 4 is 17.1 Å². The molecule has 21 heavy (non-hydrogen) atoms. The lowest BCUT2D eigenvalue weighted by atomic mass is 10.1. The number of rotatable bonds is 3. The highest BCUT2D eigenvalue weighted by Gasteiger charge is 2.30. The van der Waals surface area contributed by atoms with Gasteiger partial charge in [0.05, 0.1) is 24.0 Å². The number of methoxy groups -OCH3 is 1. The fourth-order valence-corrected chi connectivity index (χ4v) is 1.85. The number of hydrogen-bond donors (Lipinski definition) is 2. The van der Waals surface area contributed by atoms with Crippen LogP contribution in [0.4, 0.5) is 30.2 Å². The average molecular weight is 296 g/mol. The monoisotopic (exact) mass is 296 g/mol. The van der Waals surface area contributed by atoms with Crippen LogP contribution >= 0.6 is 0 Å². The number of anilines is 3. The summed E-state index contributed by atoms with van der Waals surface area (Å²) in [6.45, 7) is 1.72. The minimum atomic E-state index is -4.38. The fourth-order valence-electron chi connectivity index (χ4n) is 1.85. The van der Waals surface area contributed by atoms with Gasteiger partial charge in [-0.2, -0.15) is 13.2 Å². The smallest absolute Gasteiger partial charge is 0.416 e. The summed E-state index contributed by atoms with van der Waals surface area (Å²) in [7, 11) is 1.50. The molecule has 0 aliphatic heterocycles. The summed E-state index contributed by atoms with van der Waals surface area (Å²) in [4.78, 5) is 0. The fraction of sp³-hybridized carbons (Fsp3) is 0.200. The lowest BCUT2D eigenvalue weighted by Crippen LogP contribution is -2.06. The van der Waals surface area contributed by atoms with Crippen LogP contribution in [0.2, 0.25) is 0 Å². The van der Waals surface area contributed by atoms with Gasteiger partial charge in [-0.25, -0.2) is 0 Å². The molecule has 0 unspecified atom stereocenters. The third-order valence-corrected chi connectivity index (χ3v) is 3.09. The second-order valence-corrected chi connectivity index (χ2v) is 4.61. The van der Waals surface area contributed by atoms with Crippen molar-refractivity contribution in [3.05, 3.63) is 47.5 Å². The van der Waals surface area contributed by atoms with E-state index < -0.39 is 11.7 Å². The molecule has 0 aliphatic carbocycles. The molecule has 112 valence electrons. The summed E-state index contributed by atoms with van der Waals surface area (Å²) in [6.07, 6.45) is -4.38. The van der Waals surface area contributed by atoms with Gasteiger partial charge < -0.3 is 15.8 Å². The molecule has 0 aliphatic rings. The first-order valence-electron chi connectivity index (χ1n) is 6.19. The molecule has 0 spiro atoms. The summed E-state index contributed by atoms with van der Waals surface area (Å²) in [6, 6.07) is 8.48. The van der Waals surface area contributed by atoms with Gasteiger partial charge in [-0.05, 0) is 36.8 Å². The zero-order chi connectivity index (χ0) is 15.6. The molecule has 0 amide bonds. The van der Waals surface area contributed by atoms with Crippen molar-refractivity contribution in [3.8, 4) is 5.75 Å². The minimum Gasteiger partial charge on any atom is -0.497 e. The van der Waals surface area contributed by atoms with E-state index in [1.54, 1.807) is 25.1 Å². The average Bonchev–Trinajstić information content (AvgIpc) is 2.42. The van der Waals surface area contributed by atoms with Gasteiger partial charge in [0.15, 0.2) is 0 Å². The van der Waals surface area contributed by atoms with Crippen LogP contribution in [0.25, 0.3) is 0 Å². The first kappa shape index (κ1) is 15.0. The van der Waals surface area contributed by atoms with Crippen LogP contribution in [-0.2, 0) is 6.18 Å². The van der Waals surface area contributed by atoms with E-state index >= 15 is 0 Å². The summed E-state index contributed by atoms with van der Waals surface area (Å²) < 4.78 is 43.4. The first-order valence-corrected chi connectivity index (χ1v) is 6.19. The number of hydrogen-bond acceptors (Lipinski definition) is 3. The van der Waals surface area contributed by atoms with Gasteiger partial charge in [-0.1, -0.05) is 6.07 Å². The highest BCUT2D eigenvalue weighted by Crippen LogP contribution is 2.34. The van der Waals surface area contributed by atoms with E-state index in [2.05, 4.69) is 5.32 Å². The Morgan fingerprint density at radius 1 is 1.05 bits per heavy atom. The summed E-state index contributed by atoms with van der Waals surface area (Å²) >= 11 is 0. The third kappa shape index (κ3) is 3.39. The molecule has 0 saturated heterocycles. The van der Waals surface area contributed by atoms with E-state index in [0.717, 1.165) is 12.1 Å². The van der Waals surface area contributed by atoms with Crippen molar-refractivity contribution in [1.82, 2.24) is 0 Å². The predicted octanol–water partition coefficient (Wildman–Crippen LogP) is 4.35. The molecule has 0 saturated carbocycles. The van der Waals surface area contributed by atoms with Crippen LogP contribution in [-0.4, -0.2) is 7.11 Å². The van der Waals surface area contributed by atoms with E-state index in [1.165, 1.54) is 13.2 Å². The van der Waals surface area contributed by atoms with E-state index in [-0.39, 0.29) is 0 Å². The molecule has 3 nitrogen and oxygen atoms in total. The molecular formula is C15H15F3N2O. The van der Waals surface area contributed by atoms with Gasteiger partial charge in [0.2, 0.25) is 0 Å². The molecule has 6 heteroatoms. The van der Waals surface area contributed by atoms with Crippen LogP contribution in [0.3, 0.4) is 0 Å². The summed E-state index contributed by atoms with van der Waals surface area (Å²) in [5.74, 6) is 0.566. The Balaban J connectivity index is 2.39. The molecule has 0 radical (unpaired) electrons. The third-order valence-electron chi connectivity index (χ3n) is 3.09. The maximum Gasteiger partial charge on any atom is 0.416 e. The van der Waals surface area contributed by atoms with E-state index in [4.69, 9.17) is 10.5 Å². The summed E-state index contributed by atoms with van der Waals surface area (Å²) in [5, 5.41) is 2.92. The zero-order valence-corrected chi connectivity index (χ0v) is 11.6. The maximum absolute atomic E-state index is 12.8. The largest absolute Gasteiger partial charge is 0.497 e. The number of halogens is 3. The normalized spacial score (nSPS) is 11.3. The van der Waals surface area contributed by atoms with Crippen LogP contribution in [0.5, 0.6) is 5.75 Å². The molecule has 0 bridgehead atoms. The molecule has 2 rings (SSSR count). The standard InChI is InChI=1S/C15H15F3N2O/c1-9-3-4-10(15(16,17)18)7-13(9)20-14-8-11(21-2)5-6-12(14)19/h3-8,20H,19H2,1-2H3. The predicted molar refractivity (Wildman–Crippen MR) is 76.9 cm³/mol. The van der Waals surface area contributed by atoms with Crippen molar-refractivity contribution < 1.29 is 17.9 Å². The number of alkyl halides is 3. The Kier molecular flexibility index (Phi) is 3.97.